The molecule has 0 spiro atoms. The summed E-state index contributed by atoms with van der Waals surface area (Å²) in [5.41, 5.74) is 1.14. The second-order valence-electron chi connectivity index (χ2n) is 10.3. The minimum absolute atomic E-state index is 0.0491. The fourth-order valence-electron chi connectivity index (χ4n) is 4.92. The van der Waals surface area contributed by atoms with E-state index in [1.54, 1.807) is 36.3 Å². The fraction of sp³-hybridized carbons (Fsp3) is 0.484. The zero-order chi connectivity index (χ0) is 28.6. The minimum atomic E-state index is -0.785. The maximum Gasteiger partial charge on any atom is 0.295 e. The third-order valence-corrected chi connectivity index (χ3v) is 7.20. The Bertz CT molecular complexity index is 1200. The first-order valence-electron chi connectivity index (χ1n) is 14.0. The Morgan fingerprint density at radius 3 is 2.40 bits per heavy atom. The van der Waals surface area contributed by atoms with Crippen LogP contribution in [0.3, 0.4) is 0 Å². The summed E-state index contributed by atoms with van der Waals surface area (Å²) in [6, 6.07) is 11.4. The van der Waals surface area contributed by atoms with E-state index in [1.807, 2.05) is 25.1 Å². The van der Waals surface area contributed by atoms with Crippen LogP contribution < -0.4 is 14.2 Å². The Morgan fingerprint density at radius 1 is 1.02 bits per heavy atom. The average Bonchev–Trinajstić information content (AvgIpc) is 3.22. The quantitative estimate of drug-likeness (QED) is 0.237. The van der Waals surface area contributed by atoms with Crippen LogP contribution in [0.1, 0.15) is 44.4 Å². The van der Waals surface area contributed by atoms with Gasteiger partial charge in [0, 0.05) is 31.7 Å². The van der Waals surface area contributed by atoms with Crippen molar-refractivity contribution in [3.05, 3.63) is 59.2 Å². The van der Waals surface area contributed by atoms with Gasteiger partial charge >= 0.3 is 0 Å². The highest BCUT2D eigenvalue weighted by molar-refractivity contribution is 6.46. The summed E-state index contributed by atoms with van der Waals surface area (Å²) in [5, 5.41) is 11.4. The molecule has 2 aromatic rings. The van der Waals surface area contributed by atoms with Crippen LogP contribution in [0.25, 0.3) is 5.76 Å². The number of ether oxygens (including phenoxy) is 4. The lowest BCUT2D eigenvalue weighted by Gasteiger charge is -2.31. The number of Topliss-reactive ketones (excluding diaryl/α,β-unsaturated/α-hetero) is 1. The number of morpholine rings is 1. The van der Waals surface area contributed by atoms with E-state index in [9.17, 15) is 14.7 Å². The van der Waals surface area contributed by atoms with Crippen molar-refractivity contribution in [2.45, 2.75) is 33.2 Å². The molecule has 4 rings (SSSR count). The van der Waals surface area contributed by atoms with Gasteiger partial charge in [0.05, 0.1) is 45.2 Å². The van der Waals surface area contributed by atoms with Gasteiger partial charge < -0.3 is 29.0 Å². The van der Waals surface area contributed by atoms with Crippen molar-refractivity contribution in [2.75, 3.05) is 59.7 Å². The maximum atomic E-state index is 13.4. The van der Waals surface area contributed by atoms with Crippen molar-refractivity contribution in [1.29, 1.82) is 0 Å². The standard InChI is InChI=1S/C31H40N2O7/c1-5-39-26-20-23(8-11-25(26)40-17-12-21(2)3)28-27(29(34)22-6-9-24(37-4)10-7-22)30(35)31(36)33(28)14-13-32-15-18-38-19-16-32/h6-11,20-21,28,34H,5,12-19H2,1-4H3/b29-27+. The zero-order valence-electron chi connectivity index (χ0n) is 23.9. The predicted octanol–water partition coefficient (Wildman–Crippen LogP) is 4.27. The molecule has 0 bridgehead atoms. The number of aliphatic hydroxyl groups is 1. The second-order valence-corrected chi connectivity index (χ2v) is 10.3. The number of aliphatic hydroxyl groups excluding tert-OH is 1. The van der Waals surface area contributed by atoms with Crippen LogP contribution in [-0.2, 0) is 14.3 Å². The number of carbonyl (C=O) groups excluding carboxylic acids is 2. The topological polar surface area (TPSA) is 97.8 Å². The van der Waals surface area contributed by atoms with Gasteiger partial charge in [-0.2, -0.15) is 0 Å². The summed E-state index contributed by atoms with van der Waals surface area (Å²) >= 11 is 0. The van der Waals surface area contributed by atoms with Gasteiger partial charge in [-0.05, 0) is 61.2 Å². The molecule has 2 saturated heterocycles. The normalized spacial score (nSPS) is 19.3. The zero-order valence-corrected chi connectivity index (χ0v) is 23.9. The van der Waals surface area contributed by atoms with E-state index in [2.05, 4.69) is 18.7 Å². The highest BCUT2D eigenvalue weighted by Gasteiger charge is 2.46. The van der Waals surface area contributed by atoms with Gasteiger partial charge in [-0.15, -0.1) is 0 Å². The van der Waals surface area contributed by atoms with Crippen LogP contribution in [-0.4, -0.2) is 86.3 Å². The van der Waals surface area contributed by atoms with Crippen molar-refractivity contribution >= 4 is 17.4 Å². The number of amides is 1. The Morgan fingerprint density at radius 2 is 1.75 bits per heavy atom. The molecule has 2 aromatic carbocycles. The number of benzene rings is 2. The molecule has 9 heteroatoms. The van der Waals surface area contributed by atoms with Gasteiger partial charge in [0.2, 0.25) is 0 Å². The summed E-state index contributed by atoms with van der Waals surface area (Å²) in [7, 11) is 1.56. The van der Waals surface area contributed by atoms with Crippen molar-refractivity contribution in [3.8, 4) is 17.2 Å². The van der Waals surface area contributed by atoms with Crippen molar-refractivity contribution < 1.29 is 33.6 Å². The van der Waals surface area contributed by atoms with Crippen LogP contribution >= 0.6 is 0 Å². The van der Waals surface area contributed by atoms with Crippen molar-refractivity contribution in [3.63, 3.8) is 0 Å². The first-order chi connectivity index (χ1) is 19.3. The molecule has 0 aromatic heterocycles. The molecule has 1 amide bonds. The third kappa shape index (κ3) is 6.77. The molecule has 9 nitrogen and oxygen atoms in total. The van der Waals surface area contributed by atoms with E-state index < -0.39 is 17.7 Å². The van der Waals surface area contributed by atoms with E-state index >= 15 is 0 Å². The van der Waals surface area contributed by atoms with Crippen LogP contribution in [0.2, 0.25) is 0 Å². The van der Waals surface area contributed by atoms with Crippen LogP contribution in [0.4, 0.5) is 0 Å². The number of hydrogen-bond acceptors (Lipinski definition) is 8. The number of rotatable bonds is 12. The van der Waals surface area contributed by atoms with Crippen molar-refractivity contribution in [2.24, 2.45) is 5.92 Å². The average molecular weight is 553 g/mol. The lowest BCUT2D eigenvalue weighted by atomic mass is 9.95. The largest absolute Gasteiger partial charge is 0.507 e. The molecule has 1 unspecified atom stereocenters. The van der Waals surface area contributed by atoms with E-state index in [0.29, 0.717) is 73.8 Å². The number of ketones is 1. The number of carbonyl (C=O) groups is 2. The summed E-state index contributed by atoms with van der Waals surface area (Å²) in [6.07, 6.45) is 0.900. The second kappa shape index (κ2) is 13.7. The lowest BCUT2D eigenvalue weighted by molar-refractivity contribution is -0.140. The summed E-state index contributed by atoms with van der Waals surface area (Å²) in [5.74, 6) is 0.681. The molecule has 0 aliphatic carbocycles. The van der Waals surface area contributed by atoms with E-state index in [-0.39, 0.29) is 11.3 Å². The molecule has 2 aliphatic heterocycles. The Balaban J connectivity index is 1.74. The highest BCUT2D eigenvalue weighted by Crippen LogP contribution is 2.42. The van der Waals surface area contributed by atoms with Gasteiger partial charge in [-0.25, -0.2) is 0 Å². The molecule has 2 fully saturated rings. The third-order valence-electron chi connectivity index (χ3n) is 7.20. The number of methoxy groups -OCH3 is 1. The Kier molecular flexibility index (Phi) is 10.1. The van der Waals surface area contributed by atoms with Crippen LogP contribution in [0, 0.1) is 5.92 Å². The van der Waals surface area contributed by atoms with E-state index in [0.717, 1.165) is 19.5 Å². The van der Waals surface area contributed by atoms with E-state index in [4.69, 9.17) is 18.9 Å². The molecule has 40 heavy (non-hydrogen) atoms. The molecule has 0 radical (unpaired) electrons. The predicted molar refractivity (Wildman–Crippen MR) is 152 cm³/mol. The molecule has 2 aliphatic rings. The Labute approximate surface area is 236 Å². The molecule has 2 heterocycles. The number of likely N-dealkylation sites (tertiary alicyclic amines) is 1. The lowest BCUT2D eigenvalue weighted by Crippen LogP contribution is -2.42. The van der Waals surface area contributed by atoms with Gasteiger partial charge in [0.1, 0.15) is 11.5 Å². The molecular weight excluding hydrogens is 512 g/mol. The maximum absolute atomic E-state index is 13.4. The SMILES string of the molecule is CCOc1cc(C2/C(=C(\O)c3ccc(OC)cc3)C(=O)C(=O)N2CCN2CCOCC2)ccc1OCCC(C)C. The summed E-state index contributed by atoms with van der Waals surface area (Å²) < 4.78 is 22.6. The highest BCUT2D eigenvalue weighted by atomic mass is 16.5. The molecule has 216 valence electrons. The van der Waals surface area contributed by atoms with Gasteiger partial charge in [-0.1, -0.05) is 19.9 Å². The summed E-state index contributed by atoms with van der Waals surface area (Å²) in [6.45, 7) is 10.8. The summed E-state index contributed by atoms with van der Waals surface area (Å²) in [4.78, 5) is 30.6. The van der Waals surface area contributed by atoms with Gasteiger partial charge in [-0.3, -0.25) is 14.5 Å². The molecule has 0 saturated carbocycles. The van der Waals surface area contributed by atoms with Crippen molar-refractivity contribution in [1.82, 2.24) is 9.80 Å². The fourth-order valence-corrected chi connectivity index (χ4v) is 4.92. The minimum Gasteiger partial charge on any atom is -0.507 e. The number of nitrogens with zero attached hydrogens (tertiary/aromatic N) is 2. The number of hydrogen-bond donors (Lipinski definition) is 1. The molecule has 1 atom stereocenters. The van der Waals surface area contributed by atoms with E-state index in [1.165, 1.54) is 0 Å². The molecular formula is C31H40N2O7. The van der Waals surface area contributed by atoms with Gasteiger partial charge in [0.25, 0.3) is 11.7 Å². The molecule has 1 N–H and O–H groups in total. The van der Waals surface area contributed by atoms with Crippen LogP contribution in [0.15, 0.2) is 48.0 Å². The monoisotopic (exact) mass is 552 g/mol. The van der Waals surface area contributed by atoms with Gasteiger partial charge in [0.15, 0.2) is 11.5 Å². The first-order valence-corrected chi connectivity index (χ1v) is 14.0. The smallest absolute Gasteiger partial charge is 0.295 e. The Hall–Kier alpha value is -3.56. The first kappa shape index (κ1) is 29.4. The van der Waals surface area contributed by atoms with Crippen LogP contribution in [0.5, 0.6) is 17.2 Å².